The molecular formula is C30H27ClN2O6. The number of hydrogen-bond acceptors (Lipinski definition) is 7. The Balaban J connectivity index is 1.62. The number of halogens is 1. The number of ether oxygens (including phenoxy) is 1. The van der Waals surface area contributed by atoms with Crippen LogP contribution in [0, 0.1) is 0 Å². The van der Waals surface area contributed by atoms with Gasteiger partial charge < -0.3 is 24.3 Å². The summed E-state index contributed by atoms with van der Waals surface area (Å²) in [4.78, 5) is 30.9. The Bertz CT molecular complexity index is 1600. The van der Waals surface area contributed by atoms with Gasteiger partial charge in [-0.25, -0.2) is 0 Å². The van der Waals surface area contributed by atoms with Crippen LogP contribution < -0.4 is 14.5 Å². The molecule has 1 aliphatic rings. The molecule has 0 radical (unpaired) electrons. The van der Waals surface area contributed by atoms with E-state index in [4.69, 9.17) is 20.8 Å². The molecule has 1 unspecified atom stereocenters. The third-order valence-electron chi connectivity index (χ3n) is 6.89. The lowest BCUT2D eigenvalue weighted by atomic mass is 9.94. The highest BCUT2D eigenvalue weighted by atomic mass is 35.5. The first kappa shape index (κ1) is 26.2. The normalized spacial score (nSPS) is 15.3. The predicted octanol–water partition coefficient (Wildman–Crippen LogP) is 6.43. The molecule has 200 valence electrons. The molecule has 0 saturated carbocycles. The molecule has 4 aromatic rings. The number of aliphatic hydroxyl groups is 1. The molecule has 0 fully saturated rings. The molecule has 1 aromatic heterocycles. The summed E-state index contributed by atoms with van der Waals surface area (Å²) < 4.78 is 11.2. The van der Waals surface area contributed by atoms with Crippen molar-refractivity contribution in [2.75, 3.05) is 30.0 Å². The summed E-state index contributed by atoms with van der Waals surface area (Å²) in [6.45, 7) is 5.75. The highest BCUT2D eigenvalue weighted by Gasteiger charge is 2.45. The number of rotatable bonds is 8. The molecule has 9 heteroatoms. The van der Waals surface area contributed by atoms with E-state index in [1.54, 1.807) is 36.4 Å². The summed E-state index contributed by atoms with van der Waals surface area (Å²) in [6.07, 6.45) is 0. The van der Waals surface area contributed by atoms with Gasteiger partial charge in [0.05, 0.1) is 18.7 Å². The zero-order valence-electron chi connectivity index (χ0n) is 21.6. The van der Waals surface area contributed by atoms with Crippen LogP contribution in [0.4, 0.5) is 11.4 Å². The average Bonchev–Trinajstić information content (AvgIpc) is 3.47. The minimum Gasteiger partial charge on any atom is -0.508 e. The molecule has 39 heavy (non-hydrogen) atoms. The standard InChI is InChI=1S/C30H27ClN2O6/c1-4-32(5-2)20-9-11-21(12-10-20)33-26(17-7-6-8-22(34)14-17)25(28(36)30(33)37)27(35)23-15-18-13-19(31)16-24(38-3)29(18)39-23/h6-16,26,34,36H,4-5H2,1-3H3. The first-order chi connectivity index (χ1) is 18.8. The van der Waals surface area contributed by atoms with E-state index in [2.05, 4.69) is 18.7 Å². The van der Waals surface area contributed by atoms with Crippen molar-refractivity contribution in [2.24, 2.45) is 0 Å². The van der Waals surface area contributed by atoms with Crippen LogP contribution >= 0.6 is 11.6 Å². The van der Waals surface area contributed by atoms with Gasteiger partial charge in [-0.1, -0.05) is 23.7 Å². The zero-order chi connectivity index (χ0) is 27.8. The maximum atomic E-state index is 13.9. The lowest BCUT2D eigenvalue weighted by molar-refractivity contribution is -0.117. The smallest absolute Gasteiger partial charge is 0.294 e. The van der Waals surface area contributed by atoms with Crippen LogP contribution in [-0.2, 0) is 4.79 Å². The van der Waals surface area contributed by atoms with Gasteiger partial charge in [0, 0.05) is 40.9 Å². The molecule has 1 amide bonds. The maximum Gasteiger partial charge on any atom is 0.294 e. The second kappa shape index (κ2) is 10.4. The number of methoxy groups -OCH3 is 1. The molecule has 0 aliphatic carbocycles. The Hall–Kier alpha value is -4.43. The number of amides is 1. The fourth-order valence-electron chi connectivity index (χ4n) is 5.01. The number of Topliss-reactive ketones (excluding diaryl/α,β-unsaturated/α-hetero) is 1. The summed E-state index contributed by atoms with van der Waals surface area (Å²) >= 11 is 6.18. The molecule has 0 bridgehead atoms. The van der Waals surface area contributed by atoms with E-state index < -0.39 is 23.5 Å². The fourth-order valence-corrected chi connectivity index (χ4v) is 5.23. The number of benzene rings is 3. The van der Waals surface area contributed by atoms with Crippen molar-refractivity contribution in [3.63, 3.8) is 0 Å². The summed E-state index contributed by atoms with van der Waals surface area (Å²) in [7, 11) is 1.46. The number of carbonyl (C=O) groups is 2. The summed E-state index contributed by atoms with van der Waals surface area (Å²) in [6, 6.07) is 17.2. The average molecular weight is 547 g/mol. The summed E-state index contributed by atoms with van der Waals surface area (Å²) in [5, 5.41) is 22.2. The lowest BCUT2D eigenvalue weighted by Crippen LogP contribution is -2.31. The van der Waals surface area contributed by atoms with Crippen molar-refractivity contribution in [3.05, 3.63) is 94.4 Å². The van der Waals surface area contributed by atoms with Crippen LogP contribution in [0.25, 0.3) is 11.0 Å². The van der Waals surface area contributed by atoms with Crippen molar-refractivity contribution in [2.45, 2.75) is 19.9 Å². The van der Waals surface area contributed by atoms with Gasteiger partial charge >= 0.3 is 0 Å². The molecular weight excluding hydrogens is 520 g/mol. The third-order valence-corrected chi connectivity index (χ3v) is 7.10. The lowest BCUT2D eigenvalue weighted by Gasteiger charge is -2.28. The van der Waals surface area contributed by atoms with Crippen molar-refractivity contribution in [1.29, 1.82) is 0 Å². The molecule has 0 spiro atoms. The Morgan fingerprint density at radius 1 is 1.05 bits per heavy atom. The number of nitrogens with zero attached hydrogens (tertiary/aromatic N) is 2. The topological polar surface area (TPSA) is 103 Å². The van der Waals surface area contributed by atoms with Crippen LogP contribution in [0.15, 0.2) is 82.5 Å². The van der Waals surface area contributed by atoms with E-state index in [0.717, 1.165) is 18.8 Å². The Kier molecular flexibility index (Phi) is 6.97. The summed E-state index contributed by atoms with van der Waals surface area (Å²) in [5.41, 5.74) is 2.06. The zero-order valence-corrected chi connectivity index (χ0v) is 22.4. The van der Waals surface area contributed by atoms with Crippen molar-refractivity contribution in [1.82, 2.24) is 0 Å². The number of ketones is 1. The fraction of sp³-hybridized carbons (Fsp3) is 0.200. The Labute approximate surface area is 230 Å². The maximum absolute atomic E-state index is 13.9. The monoisotopic (exact) mass is 546 g/mol. The predicted molar refractivity (Wildman–Crippen MR) is 150 cm³/mol. The molecule has 5 rings (SSSR count). The minimum absolute atomic E-state index is 0.0434. The first-order valence-electron chi connectivity index (χ1n) is 12.5. The number of hydrogen-bond donors (Lipinski definition) is 2. The van der Waals surface area contributed by atoms with Crippen molar-refractivity contribution >= 4 is 45.6 Å². The number of furan rings is 1. The van der Waals surface area contributed by atoms with Crippen LogP contribution in [0.3, 0.4) is 0 Å². The number of aromatic hydroxyl groups is 1. The third kappa shape index (κ3) is 4.57. The van der Waals surface area contributed by atoms with E-state index in [9.17, 15) is 19.8 Å². The Morgan fingerprint density at radius 2 is 1.77 bits per heavy atom. The van der Waals surface area contributed by atoms with Gasteiger partial charge in [-0.2, -0.15) is 0 Å². The first-order valence-corrected chi connectivity index (χ1v) is 12.9. The van der Waals surface area contributed by atoms with E-state index in [0.29, 0.717) is 33.0 Å². The molecule has 3 aromatic carbocycles. The molecule has 1 aliphatic heterocycles. The van der Waals surface area contributed by atoms with Crippen LogP contribution in [0.2, 0.25) is 5.02 Å². The van der Waals surface area contributed by atoms with E-state index >= 15 is 0 Å². The quantitative estimate of drug-likeness (QED) is 0.245. The van der Waals surface area contributed by atoms with E-state index in [1.807, 2.05) is 12.1 Å². The second-order valence-electron chi connectivity index (χ2n) is 9.09. The van der Waals surface area contributed by atoms with E-state index in [1.165, 1.54) is 30.2 Å². The second-order valence-corrected chi connectivity index (χ2v) is 9.53. The Morgan fingerprint density at radius 3 is 2.41 bits per heavy atom. The molecule has 1 atom stereocenters. The van der Waals surface area contributed by atoms with Crippen LogP contribution in [0.5, 0.6) is 11.5 Å². The van der Waals surface area contributed by atoms with Gasteiger partial charge in [0.1, 0.15) is 5.75 Å². The van der Waals surface area contributed by atoms with Gasteiger partial charge in [0.15, 0.2) is 22.9 Å². The largest absolute Gasteiger partial charge is 0.508 e. The highest BCUT2D eigenvalue weighted by Crippen LogP contribution is 2.44. The van der Waals surface area contributed by atoms with Gasteiger partial charge in [0.25, 0.3) is 5.91 Å². The number of aliphatic hydroxyl groups excluding tert-OH is 1. The number of anilines is 2. The highest BCUT2D eigenvalue weighted by molar-refractivity contribution is 6.31. The summed E-state index contributed by atoms with van der Waals surface area (Å²) in [5.74, 6) is -1.89. The number of carbonyl (C=O) groups excluding carboxylic acids is 2. The van der Waals surface area contributed by atoms with Crippen molar-refractivity contribution < 1.29 is 29.0 Å². The molecule has 2 heterocycles. The number of fused-ring (bicyclic) bond motifs is 1. The number of phenols is 1. The van der Waals surface area contributed by atoms with Crippen LogP contribution in [-0.4, -0.2) is 42.1 Å². The van der Waals surface area contributed by atoms with Gasteiger partial charge in [-0.15, -0.1) is 0 Å². The number of phenolic OH excluding ortho intramolecular Hbond substituents is 1. The molecule has 2 N–H and O–H groups in total. The van der Waals surface area contributed by atoms with Gasteiger partial charge in [-0.3, -0.25) is 14.5 Å². The van der Waals surface area contributed by atoms with E-state index in [-0.39, 0.29) is 17.1 Å². The van der Waals surface area contributed by atoms with Gasteiger partial charge in [0.2, 0.25) is 5.78 Å². The van der Waals surface area contributed by atoms with Crippen molar-refractivity contribution in [3.8, 4) is 11.5 Å². The molecule has 8 nitrogen and oxygen atoms in total. The molecule has 0 saturated heterocycles. The van der Waals surface area contributed by atoms with Gasteiger partial charge in [-0.05, 0) is 67.9 Å². The van der Waals surface area contributed by atoms with Crippen LogP contribution in [0.1, 0.15) is 36.0 Å². The minimum atomic E-state index is -1.02. The SMILES string of the molecule is CCN(CC)c1ccc(N2C(=O)C(O)=C(C(=O)c3cc4cc(Cl)cc(OC)c4o3)C2c2cccc(O)c2)cc1.